The molecule has 2 heteroatoms. The first-order valence-electron chi connectivity index (χ1n) is 11.7. The standard InChI is InChI=1S/C16H24.C11H10ClF.C3H8.C2H4/c1-7-10-16(13(4)5)12-15(9-3)11-14(6)8-2;1-8(2)3-4-9-5-6-10(13)7-11(9)12;1-3-2;1-2/h7-8,10,12-13H,1-2,6,9,11H2,3-5H3;3-7H,1H2,2H3;3H2,1-2H3;1-2H2/b15-12+,16-10+;4-3+;;. The van der Waals surface area contributed by atoms with E-state index in [1.54, 1.807) is 6.07 Å². The van der Waals surface area contributed by atoms with Gasteiger partial charge in [0.25, 0.3) is 0 Å². The normalized spacial score (nSPS) is 10.7. The molecule has 0 aliphatic heterocycles. The molecule has 1 aromatic carbocycles. The van der Waals surface area contributed by atoms with E-state index in [1.165, 1.54) is 29.7 Å². The van der Waals surface area contributed by atoms with Crippen LogP contribution in [-0.2, 0) is 0 Å². The average Bonchev–Trinajstić information content (AvgIpc) is 2.79. The molecule has 0 fully saturated rings. The third kappa shape index (κ3) is 20.0. The van der Waals surface area contributed by atoms with E-state index >= 15 is 0 Å². The molecule has 0 aromatic heterocycles. The summed E-state index contributed by atoms with van der Waals surface area (Å²) in [6, 6.07) is 4.31. The predicted octanol–water partition coefficient (Wildman–Crippen LogP) is 11.5. The fourth-order valence-corrected chi connectivity index (χ4v) is 2.52. The SMILES string of the molecule is C=C.C=C(C)/C=C/c1ccc(F)cc1Cl.C=C/C=C(\C=C(/CC)CC(=C)C=C)C(C)C.CCC. The van der Waals surface area contributed by atoms with Crippen LogP contribution in [0.5, 0.6) is 0 Å². The van der Waals surface area contributed by atoms with Crippen molar-refractivity contribution in [3.63, 3.8) is 0 Å². The van der Waals surface area contributed by atoms with Crippen LogP contribution in [0.3, 0.4) is 0 Å². The van der Waals surface area contributed by atoms with E-state index in [1.807, 2.05) is 31.2 Å². The lowest BCUT2D eigenvalue weighted by Gasteiger charge is -2.10. The summed E-state index contributed by atoms with van der Waals surface area (Å²) >= 11 is 5.79. The van der Waals surface area contributed by atoms with Gasteiger partial charge in [0, 0.05) is 0 Å². The first-order chi connectivity index (χ1) is 16.1. The molecule has 0 nitrogen and oxygen atoms in total. The lowest BCUT2D eigenvalue weighted by Crippen LogP contribution is -1.93. The van der Waals surface area contributed by atoms with E-state index in [0.717, 1.165) is 29.6 Å². The Labute approximate surface area is 215 Å². The molecular weight excluding hydrogens is 439 g/mol. The topological polar surface area (TPSA) is 0 Å². The van der Waals surface area contributed by atoms with Crippen LogP contribution < -0.4 is 0 Å². The molecule has 0 saturated carbocycles. The lowest BCUT2D eigenvalue weighted by molar-refractivity contribution is 0.628. The van der Waals surface area contributed by atoms with E-state index in [4.69, 9.17) is 11.6 Å². The molecule has 1 aromatic rings. The second-order valence-corrected chi connectivity index (χ2v) is 8.21. The summed E-state index contributed by atoms with van der Waals surface area (Å²) in [5.41, 5.74) is 5.52. The molecule has 0 bridgehead atoms. The summed E-state index contributed by atoms with van der Waals surface area (Å²) in [6.07, 6.45) is 14.9. The van der Waals surface area contributed by atoms with Crippen LogP contribution in [0.1, 0.15) is 66.4 Å². The van der Waals surface area contributed by atoms with Gasteiger partial charge in [-0.25, -0.2) is 4.39 Å². The van der Waals surface area contributed by atoms with Crippen LogP contribution in [0.4, 0.5) is 4.39 Å². The molecular formula is C32H46ClF. The molecule has 0 radical (unpaired) electrons. The first-order valence-corrected chi connectivity index (χ1v) is 12.0. The van der Waals surface area contributed by atoms with Crippen molar-refractivity contribution in [3.05, 3.63) is 127 Å². The largest absolute Gasteiger partial charge is 0.207 e. The van der Waals surface area contributed by atoms with E-state index < -0.39 is 0 Å². The Bertz CT molecular complexity index is 835. The summed E-state index contributed by atoms with van der Waals surface area (Å²) in [5.74, 6) is 0.203. The Morgan fingerprint density at radius 3 is 2.03 bits per heavy atom. The third-order valence-electron chi connectivity index (χ3n) is 4.05. The van der Waals surface area contributed by atoms with Crippen LogP contribution in [-0.4, -0.2) is 0 Å². The van der Waals surface area contributed by atoms with Gasteiger partial charge in [0.15, 0.2) is 0 Å². The minimum atomic E-state index is -0.322. The van der Waals surface area contributed by atoms with E-state index in [0.29, 0.717) is 10.9 Å². The van der Waals surface area contributed by atoms with Gasteiger partial charge in [-0.15, -0.1) is 13.2 Å². The summed E-state index contributed by atoms with van der Waals surface area (Å²) in [5, 5.41) is 0.414. The smallest absolute Gasteiger partial charge is 0.124 e. The van der Waals surface area contributed by atoms with Gasteiger partial charge in [-0.2, -0.15) is 0 Å². The highest BCUT2D eigenvalue weighted by atomic mass is 35.5. The Hall–Kier alpha value is -2.64. The van der Waals surface area contributed by atoms with Crippen LogP contribution >= 0.6 is 11.6 Å². The van der Waals surface area contributed by atoms with Crippen molar-refractivity contribution in [2.24, 2.45) is 5.92 Å². The molecule has 188 valence electrons. The zero-order chi connectivity index (χ0) is 27.1. The van der Waals surface area contributed by atoms with Crippen molar-refractivity contribution < 1.29 is 4.39 Å². The van der Waals surface area contributed by atoms with Crippen LogP contribution in [0.15, 0.2) is 110 Å². The zero-order valence-corrected chi connectivity index (χ0v) is 23.1. The van der Waals surface area contributed by atoms with Crippen molar-refractivity contribution in [1.82, 2.24) is 0 Å². The van der Waals surface area contributed by atoms with Gasteiger partial charge < -0.3 is 0 Å². The average molecular weight is 485 g/mol. The summed E-state index contributed by atoms with van der Waals surface area (Å²) in [7, 11) is 0. The van der Waals surface area contributed by atoms with Gasteiger partial charge in [-0.3, -0.25) is 0 Å². The molecule has 0 saturated heterocycles. The van der Waals surface area contributed by atoms with Crippen LogP contribution in [0.2, 0.25) is 5.02 Å². The van der Waals surface area contributed by atoms with E-state index in [2.05, 4.69) is 86.2 Å². The fourth-order valence-electron chi connectivity index (χ4n) is 2.29. The number of allylic oxidation sites excluding steroid dienone is 9. The number of hydrogen-bond acceptors (Lipinski definition) is 0. The highest BCUT2D eigenvalue weighted by Gasteiger charge is 2.02. The Morgan fingerprint density at radius 1 is 1.09 bits per heavy atom. The van der Waals surface area contributed by atoms with Crippen molar-refractivity contribution in [3.8, 4) is 0 Å². The van der Waals surface area contributed by atoms with Gasteiger partial charge in [-0.05, 0) is 49.0 Å². The van der Waals surface area contributed by atoms with Crippen molar-refractivity contribution in [1.29, 1.82) is 0 Å². The molecule has 0 unspecified atom stereocenters. The molecule has 0 spiro atoms. The zero-order valence-electron chi connectivity index (χ0n) is 22.4. The summed E-state index contributed by atoms with van der Waals surface area (Å²) < 4.78 is 12.6. The minimum absolute atomic E-state index is 0.322. The number of hydrogen-bond donors (Lipinski definition) is 0. The summed E-state index contributed by atoms with van der Waals surface area (Å²) in [6.45, 7) is 33.9. The predicted molar refractivity (Wildman–Crippen MR) is 158 cm³/mol. The van der Waals surface area contributed by atoms with Crippen molar-refractivity contribution >= 4 is 17.7 Å². The van der Waals surface area contributed by atoms with Crippen molar-refractivity contribution in [2.45, 2.75) is 60.8 Å². The van der Waals surface area contributed by atoms with Gasteiger partial charge in [0.2, 0.25) is 0 Å². The van der Waals surface area contributed by atoms with Gasteiger partial charge in [0.1, 0.15) is 5.82 Å². The first kappa shape index (κ1) is 35.9. The van der Waals surface area contributed by atoms with E-state index in [-0.39, 0.29) is 5.82 Å². The Balaban J connectivity index is -0.000000480. The maximum atomic E-state index is 12.6. The molecule has 34 heavy (non-hydrogen) atoms. The Morgan fingerprint density at radius 2 is 1.65 bits per heavy atom. The molecule has 1 rings (SSSR count). The molecule has 0 amide bonds. The molecule has 0 atom stereocenters. The second kappa shape index (κ2) is 23.5. The molecule has 0 aliphatic carbocycles. The monoisotopic (exact) mass is 484 g/mol. The number of benzene rings is 1. The molecule has 0 heterocycles. The number of halogens is 2. The quantitative estimate of drug-likeness (QED) is 0.241. The van der Waals surface area contributed by atoms with E-state index in [9.17, 15) is 4.39 Å². The third-order valence-corrected chi connectivity index (χ3v) is 4.38. The van der Waals surface area contributed by atoms with Crippen LogP contribution in [0, 0.1) is 11.7 Å². The maximum absolute atomic E-state index is 12.6. The molecule has 0 aliphatic rings. The van der Waals surface area contributed by atoms with Gasteiger partial charge >= 0.3 is 0 Å². The fraction of sp³-hybridized carbons (Fsp3) is 0.312. The summed E-state index contributed by atoms with van der Waals surface area (Å²) in [4.78, 5) is 0. The molecule has 0 N–H and O–H groups in total. The maximum Gasteiger partial charge on any atom is 0.124 e. The highest BCUT2D eigenvalue weighted by molar-refractivity contribution is 6.32. The van der Waals surface area contributed by atoms with Gasteiger partial charge in [-0.1, -0.05) is 138 Å². The highest BCUT2D eigenvalue weighted by Crippen LogP contribution is 2.20. The second-order valence-electron chi connectivity index (χ2n) is 7.80. The van der Waals surface area contributed by atoms with Crippen molar-refractivity contribution in [2.75, 3.05) is 0 Å². The number of rotatable bonds is 9. The minimum Gasteiger partial charge on any atom is -0.207 e. The Kier molecular flexibility index (Phi) is 24.9. The lowest BCUT2D eigenvalue weighted by atomic mass is 9.96. The van der Waals surface area contributed by atoms with Crippen LogP contribution in [0.25, 0.3) is 6.08 Å². The van der Waals surface area contributed by atoms with Gasteiger partial charge in [0.05, 0.1) is 5.02 Å².